The van der Waals surface area contributed by atoms with E-state index < -0.39 is 10.0 Å². The zero-order chi connectivity index (χ0) is 11.6. The molecule has 90 valence electrons. The van der Waals surface area contributed by atoms with E-state index in [0.717, 1.165) is 23.1 Å². The van der Waals surface area contributed by atoms with E-state index >= 15 is 0 Å². The Morgan fingerprint density at radius 1 is 1.62 bits per heavy atom. The monoisotopic (exact) mass is 325 g/mol. The molecule has 0 radical (unpaired) electrons. The van der Waals surface area contributed by atoms with E-state index in [2.05, 4.69) is 30.2 Å². The number of fused-ring (bicyclic) bond motifs is 1. The van der Waals surface area contributed by atoms with Gasteiger partial charge in [0, 0.05) is 31.5 Å². The van der Waals surface area contributed by atoms with Crippen molar-refractivity contribution in [2.75, 3.05) is 17.0 Å². The number of rotatable bonds is 5. The van der Waals surface area contributed by atoms with Crippen LogP contribution >= 0.6 is 27.7 Å². The fraction of sp³-hybridized carbons (Fsp3) is 0.625. The number of imidazole rings is 1. The van der Waals surface area contributed by atoms with Crippen LogP contribution in [0.1, 0.15) is 5.69 Å². The molecule has 0 amide bonds. The first-order chi connectivity index (χ1) is 7.61. The maximum absolute atomic E-state index is 11.1. The van der Waals surface area contributed by atoms with Crippen LogP contribution in [-0.2, 0) is 23.0 Å². The van der Waals surface area contributed by atoms with Crippen molar-refractivity contribution in [3.8, 4) is 0 Å². The maximum atomic E-state index is 11.1. The van der Waals surface area contributed by atoms with Crippen LogP contribution in [0.15, 0.2) is 11.4 Å². The smallest absolute Gasteiger partial charge is 0.221 e. The van der Waals surface area contributed by atoms with Gasteiger partial charge in [0.2, 0.25) is 10.0 Å². The van der Waals surface area contributed by atoms with Crippen molar-refractivity contribution >= 4 is 37.7 Å². The molecule has 0 atom stereocenters. The van der Waals surface area contributed by atoms with Gasteiger partial charge >= 0.3 is 0 Å². The minimum atomic E-state index is -3.16. The Morgan fingerprint density at radius 3 is 3.12 bits per heavy atom. The molecule has 0 aliphatic carbocycles. The van der Waals surface area contributed by atoms with Gasteiger partial charge in [-0.3, -0.25) is 0 Å². The minimum absolute atomic E-state index is 0.0600. The Balaban J connectivity index is 1.86. The summed E-state index contributed by atoms with van der Waals surface area (Å²) >= 11 is 4.66. The van der Waals surface area contributed by atoms with Gasteiger partial charge in [-0.25, -0.2) is 18.1 Å². The van der Waals surface area contributed by atoms with Crippen LogP contribution in [-0.4, -0.2) is 34.9 Å². The summed E-state index contributed by atoms with van der Waals surface area (Å²) < 4.78 is 26.8. The van der Waals surface area contributed by atoms with Gasteiger partial charge in [-0.2, -0.15) is 0 Å². The summed E-state index contributed by atoms with van der Waals surface area (Å²) in [6.07, 6.45) is 2.63. The van der Waals surface area contributed by atoms with Gasteiger partial charge in [-0.15, -0.1) is 0 Å². The van der Waals surface area contributed by atoms with Crippen LogP contribution in [0.5, 0.6) is 0 Å². The first kappa shape index (κ1) is 12.4. The van der Waals surface area contributed by atoms with E-state index in [9.17, 15) is 8.42 Å². The lowest BCUT2D eigenvalue weighted by Gasteiger charge is -2.01. The molecule has 0 fully saturated rings. The average Bonchev–Trinajstić information content (AvgIpc) is 2.77. The van der Waals surface area contributed by atoms with E-state index in [4.69, 9.17) is 0 Å². The molecule has 0 unspecified atom stereocenters. The highest BCUT2D eigenvalue weighted by Crippen LogP contribution is 2.24. The Labute approximate surface area is 107 Å². The fourth-order valence-electron chi connectivity index (χ4n) is 1.46. The number of halogens is 1. The van der Waals surface area contributed by atoms with Crippen LogP contribution in [0.25, 0.3) is 0 Å². The van der Waals surface area contributed by atoms with Crippen molar-refractivity contribution in [2.45, 2.75) is 18.1 Å². The number of alkyl halides is 1. The number of nitrogens with zero attached hydrogens (tertiary/aromatic N) is 2. The molecule has 0 saturated carbocycles. The molecule has 5 nitrogen and oxygen atoms in total. The lowest BCUT2D eigenvalue weighted by Crippen LogP contribution is -2.26. The van der Waals surface area contributed by atoms with Gasteiger partial charge in [-0.1, -0.05) is 27.7 Å². The molecule has 16 heavy (non-hydrogen) atoms. The number of thioether (sulfide) groups is 1. The van der Waals surface area contributed by atoms with Crippen molar-refractivity contribution in [3.05, 3.63) is 11.9 Å². The van der Waals surface area contributed by atoms with E-state index in [1.54, 1.807) is 11.8 Å². The topological polar surface area (TPSA) is 64.0 Å². The quantitative estimate of drug-likeness (QED) is 0.813. The molecule has 1 N–H and O–H groups in total. The summed E-state index contributed by atoms with van der Waals surface area (Å²) in [5.74, 6) is 1.08. The summed E-state index contributed by atoms with van der Waals surface area (Å²) in [6.45, 7) is 1.40. The minimum Gasteiger partial charge on any atom is -0.325 e. The number of aromatic nitrogens is 2. The number of hydrogen-bond donors (Lipinski definition) is 1. The third-order valence-electron chi connectivity index (χ3n) is 2.20. The van der Waals surface area contributed by atoms with Crippen LogP contribution < -0.4 is 4.72 Å². The van der Waals surface area contributed by atoms with Crippen molar-refractivity contribution in [2.24, 2.45) is 0 Å². The predicted molar refractivity (Wildman–Crippen MR) is 67.4 cm³/mol. The molecular weight excluding hydrogens is 314 g/mol. The lowest BCUT2D eigenvalue weighted by atomic mass is 10.3. The highest BCUT2D eigenvalue weighted by Gasteiger charge is 2.14. The molecular formula is C8H12BrN3O2S2. The van der Waals surface area contributed by atoms with Crippen LogP contribution in [0.2, 0.25) is 0 Å². The van der Waals surface area contributed by atoms with Gasteiger partial charge < -0.3 is 4.57 Å². The van der Waals surface area contributed by atoms with Gasteiger partial charge in [0.1, 0.15) is 4.66 Å². The Kier molecular flexibility index (Phi) is 3.93. The lowest BCUT2D eigenvalue weighted by molar-refractivity contribution is 0.586. The SMILES string of the molecule is O=S(=O)(CBr)NCCc1cn2c(n1)SCC2. The Morgan fingerprint density at radius 2 is 2.44 bits per heavy atom. The molecule has 0 saturated heterocycles. The number of nitrogens with one attached hydrogen (secondary N) is 1. The van der Waals surface area contributed by atoms with E-state index in [-0.39, 0.29) is 4.66 Å². The van der Waals surface area contributed by atoms with Crippen LogP contribution in [0, 0.1) is 0 Å². The molecule has 8 heteroatoms. The molecule has 1 aliphatic heterocycles. The number of aryl methyl sites for hydroxylation is 1. The van der Waals surface area contributed by atoms with Gasteiger partial charge in [-0.05, 0) is 0 Å². The van der Waals surface area contributed by atoms with Gasteiger partial charge in [0.25, 0.3) is 0 Å². The largest absolute Gasteiger partial charge is 0.325 e. The van der Waals surface area contributed by atoms with E-state index in [0.29, 0.717) is 13.0 Å². The standard InChI is InChI=1S/C8H12BrN3O2S2/c9-6-16(13,14)10-2-1-7-5-12-3-4-15-8(12)11-7/h5,10H,1-4,6H2. The highest BCUT2D eigenvalue weighted by atomic mass is 79.9. The number of hydrogen-bond acceptors (Lipinski definition) is 4. The second-order valence-electron chi connectivity index (χ2n) is 3.42. The van der Waals surface area contributed by atoms with Crippen molar-refractivity contribution in [1.82, 2.24) is 14.3 Å². The second kappa shape index (κ2) is 5.07. The highest BCUT2D eigenvalue weighted by molar-refractivity contribution is 9.10. The fourth-order valence-corrected chi connectivity index (χ4v) is 3.39. The van der Waals surface area contributed by atoms with Gasteiger partial charge in [0.15, 0.2) is 5.16 Å². The molecule has 1 aliphatic rings. The summed E-state index contributed by atoms with van der Waals surface area (Å²) in [5.41, 5.74) is 0.944. The Bertz CT molecular complexity index is 450. The van der Waals surface area contributed by atoms with E-state index in [1.807, 2.05) is 6.20 Å². The summed E-state index contributed by atoms with van der Waals surface area (Å²) in [7, 11) is -3.16. The zero-order valence-corrected chi connectivity index (χ0v) is 11.7. The molecule has 1 aromatic heterocycles. The predicted octanol–water partition coefficient (Wildman–Crippen LogP) is 0.803. The van der Waals surface area contributed by atoms with E-state index in [1.165, 1.54) is 0 Å². The van der Waals surface area contributed by atoms with Crippen molar-refractivity contribution < 1.29 is 8.42 Å². The van der Waals surface area contributed by atoms with Crippen LogP contribution in [0.4, 0.5) is 0 Å². The molecule has 2 heterocycles. The zero-order valence-electron chi connectivity index (χ0n) is 8.52. The first-order valence-corrected chi connectivity index (χ1v) is 8.59. The second-order valence-corrected chi connectivity index (χ2v) is 7.60. The third kappa shape index (κ3) is 2.99. The van der Waals surface area contributed by atoms with Gasteiger partial charge in [0.05, 0.1) is 5.69 Å². The normalized spacial score (nSPS) is 15.3. The molecule has 0 spiro atoms. The molecule has 2 rings (SSSR count). The summed E-state index contributed by atoms with van der Waals surface area (Å²) in [5, 5.41) is 1.04. The summed E-state index contributed by atoms with van der Waals surface area (Å²) in [6, 6.07) is 0. The molecule has 1 aromatic rings. The molecule has 0 aromatic carbocycles. The van der Waals surface area contributed by atoms with Crippen molar-refractivity contribution in [3.63, 3.8) is 0 Å². The Hall–Kier alpha value is -0.0500. The number of sulfonamides is 1. The maximum Gasteiger partial charge on any atom is 0.221 e. The first-order valence-electron chi connectivity index (χ1n) is 4.83. The average molecular weight is 326 g/mol. The van der Waals surface area contributed by atoms with Crippen LogP contribution in [0.3, 0.4) is 0 Å². The molecule has 0 bridgehead atoms. The third-order valence-corrected chi connectivity index (χ3v) is 5.91. The van der Waals surface area contributed by atoms with Crippen molar-refractivity contribution in [1.29, 1.82) is 0 Å². The summed E-state index contributed by atoms with van der Waals surface area (Å²) in [4.78, 5) is 4.42.